The van der Waals surface area contributed by atoms with Crippen molar-refractivity contribution in [1.82, 2.24) is 0 Å². The van der Waals surface area contributed by atoms with Gasteiger partial charge < -0.3 is 14.4 Å². The Balaban J connectivity index is 1.62. The van der Waals surface area contributed by atoms with E-state index in [9.17, 15) is 14.4 Å². The zero-order valence-corrected chi connectivity index (χ0v) is 19.9. The van der Waals surface area contributed by atoms with Gasteiger partial charge in [-0.15, -0.1) is 0 Å². The summed E-state index contributed by atoms with van der Waals surface area (Å²) in [7, 11) is 3.17. The molecule has 3 aliphatic heterocycles. The maximum Gasteiger partial charge on any atom is 0.240 e. The first-order chi connectivity index (χ1) is 16.2. The van der Waals surface area contributed by atoms with Crippen LogP contribution in [0.5, 0.6) is 11.5 Å². The zero-order valence-electron chi connectivity index (χ0n) is 19.9. The number of methoxy groups -OCH3 is 2. The van der Waals surface area contributed by atoms with Gasteiger partial charge in [0, 0.05) is 16.7 Å². The Morgan fingerprint density at radius 3 is 2.12 bits per heavy atom. The lowest BCUT2D eigenvalue weighted by atomic mass is 9.79. The standard InChI is InChI=1S/C27H28N2O5/c1-27(2,3)24(30)23-22-21(20-12-6-15-14-18(34-5)11-13-19(15)29(20)23)25(31)28(26(22)32)16-7-9-17(33-4)10-8-16/h6-14,20-23H,1-5H3/t20-,21-,22-,23-/m0/s1. The fourth-order valence-corrected chi connectivity index (χ4v) is 5.41. The summed E-state index contributed by atoms with van der Waals surface area (Å²) in [6, 6.07) is 11.4. The lowest BCUT2D eigenvalue weighted by molar-refractivity contribution is -0.132. The number of anilines is 2. The molecule has 2 amide bonds. The van der Waals surface area contributed by atoms with Crippen molar-refractivity contribution >= 4 is 35.0 Å². The Hall–Kier alpha value is -3.61. The van der Waals surface area contributed by atoms with Gasteiger partial charge in [0.25, 0.3) is 0 Å². The second-order valence-corrected chi connectivity index (χ2v) is 10.0. The minimum atomic E-state index is -0.760. The molecule has 34 heavy (non-hydrogen) atoms. The first-order valence-corrected chi connectivity index (χ1v) is 11.4. The molecular formula is C27H28N2O5. The number of carbonyl (C=O) groups is 3. The smallest absolute Gasteiger partial charge is 0.240 e. The van der Waals surface area contributed by atoms with Crippen LogP contribution in [0.25, 0.3) is 6.08 Å². The van der Waals surface area contributed by atoms with Crippen molar-refractivity contribution in [1.29, 1.82) is 0 Å². The molecule has 2 saturated heterocycles. The van der Waals surface area contributed by atoms with Gasteiger partial charge in [-0.1, -0.05) is 32.9 Å². The SMILES string of the molecule is COc1ccc(N2C(=O)[C@@H]3[C@H](C2=O)[C@@H](C(=O)C(C)(C)C)N2c4ccc(OC)cc4C=C[C@@H]32)cc1. The number of carbonyl (C=O) groups excluding carboxylic acids is 3. The summed E-state index contributed by atoms with van der Waals surface area (Å²) in [6.07, 6.45) is 3.89. The minimum absolute atomic E-state index is 0.0557. The molecule has 3 aliphatic rings. The van der Waals surface area contributed by atoms with E-state index in [-0.39, 0.29) is 23.6 Å². The van der Waals surface area contributed by atoms with Crippen LogP contribution in [0.4, 0.5) is 11.4 Å². The molecule has 0 aliphatic carbocycles. The number of ether oxygens (including phenoxy) is 2. The van der Waals surface area contributed by atoms with E-state index < -0.39 is 23.3 Å². The highest BCUT2D eigenvalue weighted by Gasteiger charge is 2.65. The van der Waals surface area contributed by atoms with Crippen LogP contribution >= 0.6 is 0 Å². The molecule has 2 fully saturated rings. The molecule has 7 heteroatoms. The summed E-state index contributed by atoms with van der Waals surface area (Å²) in [6.45, 7) is 5.57. The largest absolute Gasteiger partial charge is 0.497 e. The molecule has 2 aromatic carbocycles. The number of nitrogens with zero attached hydrogens (tertiary/aromatic N) is 2. The highest BCUT2D eigenvalue weighted by molar-refractivity contribution is 6.25. The van der Waals surface area contributed by atoms with Crippen LogP contribution in [0.2, 0.25) is 0 Å². The number of hydrogen-bond acceptors (Lipinski definition) is 6. The van der Waals surface area contributed by atoms with E-state index in [1.807, 2.05) is 56.0 Å². The molecule has 0 saturated carbocycles. The summed E-state index contributed by atoms with van der Waals surface area (Å²) < 4.78 is 10.6. The molecule has 4 atom stereocenters. The van der Waals surface area contributed by atoms with Gasteiger partial charge in [-0.05, 0) is 42.5 Å². The molecule has 0 unspecified atom stereocenters. The van der Waals surface area contributed by atoms with Gasteiger partial charge in [0.1, 0.15) is 17.5 Å². The Morgan fingerprint density at radius 2 is 1.50 bits per heavy atom. The summed E-state index contributed by atoms with van der Waals surface area (Å²) in [5, 5.41) is 0. The summed E-state index contributed by atoms with van der Waals surface area (Å²) in [4.78, 5) is 44.5. The van der Waals surface area contributed by atoms with E-state index in [0.29, 0.717) is 17.2 Å². The topological polar surface area (TPSA) is 76.2 Å². The number of benzene rings is 2. The third-order valence-electron chi connectivity index (χ3n) is 7.05. The zero-order chi connectivity index (χ0) is 24.4. The summed E-state index contributed by atoms with van der Waals surface area (Å²) in [5.74, 6) is -0.724. The predicted octanol–water partition coefficient (Wildman–Crippen LogP) is 3.71. The minimum Gasteiger partial charge on any atom is -0.497 e. The van der Waals surface area contributed by atoms with Gasteiger partial charge in [0.2, 0.25) is 11.8 Å². The predicted molar refractivity (Wildman–Crippen MR) is 129 cm³/mol. The van der Waals surface area contributed by atoms with Crippen LogP contribution in [0.1, 0.15) is 26.3 Å². The third-order valence-corrected chi connectivity index (χ3v) is 7.05. The highest BCUT2D eigenvalue weighted by Crippen LogP contribution is 2.51. The van der Waals surface area contributed by atoms with Crippen LogP contribution < -0.4 is 19.3 Å². The van der Waals surface area contributed by atoms with Gasteiger partial charge in [0.05, 0.1) is 37.8 Å². The molecule has 7 nitrogen and oxygen atoms in total. The van der Waals surface area contributed by atoms with E-state index >= 15 is 0 Å². The van der Waals surface area contributed by atoms with Crippen LogP contribution in [-0.2, 0) is 14.4 Å². The molecule has 2 aromatic rings. The van der Waals surface area contributed by atoms with E-state index in [1.165, 1.54) is 4.90 Å². The normalized spacial score (nSPS) is 25.2. The molecule has 3 heterocycles. The lowest BCUT2D eigenvalue weighted by Gasteiger charge is -2.38. The van der Waals surface area contributed by atoms with Crippen molar-refractivity contribution in [2.45, 2.75) is 32.9 Å². The van der Waals surface area contributed by atoms with Crippen LogP contribution in [0, 0.1) is 17.3 Å². The van der Waals surface area contributed by atoms with Gasteiger partial charge in [-0.3, -0.25) is 14.4 Å². The highest BCUT2D eigenvalue weighted by atomic mass is 16.5. The second-order valence-electron chi connectivity index (χ2n) is 10.0. The van der Waals surface area contributed by atoms with Crippen LogP contribution in [0.15, 0.2) is 48.5 Å². The van der Waals surface area contributed by atoms with E-state index in [4.69, 9.17) is 9.47 Å². The average Bonchev–Trinajstić information content (AvgIpc) is 3.30. The van der Waals surface area contributed by atoms with Crippen molar-refractivity contribution < 1.29 is 23.9 Å². The van der Waals surface area contributed by atoms with Gasteiger partial charge in [-0.2, -0.15) is 0 Å². The Kier molecular flexibility index (Phi) is 5.04. The Labute approximate surface area is 198 Å². The molecule has 0 aromatic heterocycles. The van der Waals surface area contributed by atoms with E-state index in [0.717, 1.165) is 11.3 Å². The summed E-state index contributed by atoms with van der Waals surface area (Å²) >= 11 is 0. The molecule has 0 spiro atoms. The average molecular weight is 461 g/mol. The molecule has 5 rings (SSSR count). The van der Waals surface area contributed by atoms with Crippen molar-refractivity contribution in [2.75, 3.05) is 24.0 Å². The maximum atomic E-state index is 13.8. The van der Waals surface area contributed by atoms with Crippen molar-refractivity contribution in [2.24, 2.45) is 17.3 Å². The van der Waals surface area contributed by atoms with Gasteiger partial charge in [0.15, 0.2) is 5.78 Å². The molecular weight excluding hydrogens is 432 g/mol. The molecule has 176 valence electrons. The first kappa shape index (κ1) is 22.2. The van der Waals surface area contributed by atoms with Crippen molar-refractivity contribution in [3.8, 4) is 11.5 Å². The van der Waals surface area contributed by atoms with Crippen LogP contribution in [0.3, 0.4) is 0 Å². The van der Waals surface area contributed by atoms with E-state index in [1.54, 1.807) is 38.5 Å². The van der Waals surface area contributed by atoms with Gasteiger partial charge >= 0.3 is 0 Å². The Bertz CT molecular complexity index is 1210. The number of fused-ring (bicyclic) bond motifs is 5. The number of ketones is 1. The fraction of sp³-hybridized carbons (Fsp3) is 0.370. The van der Waals surface area contributed by atoms with Gasteiger partial charge in [-0.25, -0.2) is 4.90 Å². The fourth-order valence-electron chi connectivity index (χ4n) is 5.41. The molecule has 0 N–H and O–H groups in total. The van der Waals surface area contributed by atoms with E-state index in [2.05, 4.69) is 0 Å². The maximum absolute atomic E-state index is 13.8. The quantitative estimate of drug-likeness (QED) is 0.648. The molecule has 0 radical (unpaired) electrons. The monoisotopic (exact) mass is 460 g/mol. The number of amides is 2. The lowest BCUT2D eigenvalue weighted by Crippen LogP contribution is -2.51. The second kappa shape index (κ2) is 7.72. The number of Topliss-reactive ketones (excluding diaryl/α,β-unsaturated/α-hetero) is 1. The van der Waals surface area contributed by atoms with Crippen LogP contribution in [-0.4, -0.2) is 43.9 Å². The Morgan fingerprint density at radius 1 is 0.882 bits per heavy atom. The van der Waals surface area contributed by atoms with Crippen molar-refractivity contribution in [3.63, 3.8) is 0 Å². The molecule has 0 bridgehead atoms. The third kappa shape index (κ3) is 3.14. The summed E-state index contributed by atoms with van der Waals surface area (Å²) in [5.41, 5.74) is 1.54. The number of imide groups is 1. The first-order valence-electron chi connectivity index (χ1n) is 11.4. The number of rotatable bonds is 4. The van der Waals surface area contributed by atoms with Crippen molar-refractivity contribution in [3.05, 3.63) is 54.1 Å². The number of hydrogen-bond donors (Lipinski definition) is 0.